The molecule has 2 heterocycles. The fourth-order valence-electron chi connectivity index (χ4n) is 7.24. The lowest BCUT2D eigenvalue weighted by Crippen LogP contribution is -2.47. The molecule has 0 bridgehead atoms. The first kappa shape index (κ1) is 33.5. The van der Waals surface area contributed by atoms with E-state index in [2.05, 4.69) is 41.8 Å². The van der Waals surface area contributed by atoms with E-state index in [9.17, 15) is 9.18 Å². The summed E-state index contributed by atoms with van der Waals surface area (Å²) in [6, 6.07) is 11.8. The maximum atomic E-state index is 14.5. The van der Waals surface area contributed by atoms with E-state index in [1.165, 1.54) is 74.7 Å². The molecule has 0 aliphatic carbocycles. The van der Waals surface area contributed by atoms with E-state index in [4.69, 9.17) is 22.4 Å². The summed E-state index contributed by atoms with van der Waals surface area (Å²) in [6.07, 6.45) is 11.8. The molecule has 2 saturated heterocycles. The van der Waals surface area contributed by atoms with E-state index in [-0.39, 0.29) is 29.1 Å². The number of ketones is 1. The Balaban J connectivity index is 1.56. The Morgan fingerprint density at radius 2 is 1.74 bits per heavy atom. The highest BCUT2D eigenvalue weighted by atomic mass is 35.5. The minimum Gasteiger partial charge on any atom is -0.313 e. The summed E-state index contributed by atoms with van der Waals surface area (Å²) in [4.78, 5) is 18.7. The zero-order valence-electron chi connectivity index (χ0n) is 26.2. The van der Waals surface area contributed by atoms with E-state index >= 15 is 0 Å². The molecule has 2 aromatic carbocycles. The van der Waals surface area contributed by atoms with Crippen LogP contribution in [0.3, 0.4) is 0 Å². The van der Waals surface area contributed by atoms with Gasteiger partial charge in [0, 0.05) is 34.9 Å². The van der Waals surface area contributed by atoms with Crippen molar-refractivity contribution >= 4 is 29.3 Å². The second kappa shape index (κ2) is 16.1. The highest BCUT2D eigenvalue weighted by Gasteiger charge is 2.36. The van der Waals surface area contributed by atoms with Crippen molar-refractivity contribution < 1.29 is 9.18 Å². The van der Waals surface area contributed by atoms with E-state index in [0.717, 1.165) is 44.5 Å². The molecule has 4 rings (SSSR count). The van der Waals surface area contributed by atoms with Crippen LogP contribution in [-0.2, 0) is 29.5 Å². The molecule has 1 atom stereocenters. The summed E-state index contributed by atoms with van der Waals surface area (Å²) in [7, 11) is 0. The molecule has 2 aromatic rings. The van der Waals surface area contributed by atoms with E-state index in [1.807, 2.05) is 0 Å². The molecule has 0 aromatic heterocycles. The van der Waals surface area contributed by atoms with Crippen LogP contribution >= 0.6 is 11.6 Å². The summed E-state index contributed by atoms with van der Waals surface area (Å²) >= 11 is 6.24. The largest absolute Gasteiger partial charge is 0.313 e. The predicted octanol–water partition coefficient (Wildman–Crippen LogP) is 7.83. The quantitative estimate of drug-likeness (QED) is 0.202. The van der Waals surface area contributed by atoms with E-state index < -0.39 is 17.0 Å². The lowest BCUT2D eigenvalue weighted by atomic mass is 9.69. The Morgan fingerprint density at radius 1 is 1.02 bits per heavy atom. The lowest BCUT2D eigenvalue weighted by molar-refractivity contribution is -0.112. The standard InChI is InChI=1S/C36H50ClFN4O/c1-3-27-12-13-29(24-28(27)4-2)36(16-9-18-39,26-34(40)35(43)25-31-32(37)10-8-11-33(31)38)17-23-41-21-14-30(15-22-41)42-19-6-5-7-20-42/h8,10-13,18,24,30,39-40H,3-7,9,14-17,19-23,25-26H2,1-2H3/t36-/m0/s1. The van der Waals surface area contributed by atoms with Gasteiger partial charge in [0.1, 0.15) is 5.82 Å². The Bertz CT molecular complexity index is 1230. The minimum absolute atomic E-state index is 0.00530. The molecule has 2 aliphatic rings. The molecule has 0 saturated carbocycles. The summed E-state index contributed by atoms with van der Waals surface area (Å²) in [5.74, 6) is -0.908. The van der Waals surface area contributed by atoms with Gasteiger partial charge in [-0.05, 0) is 126 Å². The first-order valence-corrected chi connectivity index (χ1v) is 16.8. The van der Waals surface area contributed by atoms with Crippen molar-refractivity contribution in [2.45, 2.75) is 102 Å². The molecule has 0 spiro atoms. The van der Waals surface area contributed by atoms with Crippen molar-refractivity contribution in [2.24, 2.45) is 0 Å². The van der Waals surface area contributed by atoms with Crippen LogP contribution in [-0.4, -0.2) is 66.3 Å². The zero-order chi connectivity index (χ0) is 30.8. The van der Waals surface area contributed by atoms with Gasteiger partial charge in [0.25, 0.3) is 0 Å². The number of aryl methyl sites for hydroxylation is 2. The average molecular weight is 609 g/mol. The molecule has 0 amide bonds. The number of likely N-dealkylation sites (tertiary alicyclic amines) is 2. The summed E-state index contributed by atoms with van der Waals surface area (Å²) in [6.45, 7) is 9.85. The van der Waals surface area contributed by atoms with Gasteiger partial charge in [0.05, 0.1) is 5.71 Å². The van der Waals surface area contributed by atoms with Crippen LogP contribution < -0.4 is 0 Å². The van der Waals surface area contributed by atoms with Gasteiger partial charge in [-0.2, -0.15) is 0 Å². The van der Waals surface area contributed by atoms with Gasteiger partial charge in [-0.1, -0.05) is 56.1 Å². The van der Waals surface area contributed by atoms with Gasteiger partial charge in [-0.25, -0.2) is 4.39 Å². The van der Waals surface area contributed by atoms with Gasteiger partial charge >= 0.3 is 0 Å². The van der Waals surface area contributed by atoms with Gasteiger partial charge in [0.2, 0.25) is 0 Å². The number of Topliss-reactive ketones (excluding diaryl/α,β-unsaturated/α-hetero) is 1. The minimum atomic E-state index is -0.514. The number of carbonyl (C=O) groups is 1. The van der Waals surface area contributed by atoms with Crippen LogP contribution in [0.15, 0.2) is 36.4 Å². The number of nitrogens with one attached hydrogen (secondary N) is 2. The summed E-state index contributed by atoms with van der Waals surface area (Å²) in [5, 5.41) is 17.1. The number of hydrogen-bond acceptors (Lipinski definition) is 5. The molecule has 7 heteroatoms. The van der Waals surface area contributed by atoms with Crippen LogP contribution in [0.4, 0.5) is 4.39 Å². The summed E-state index contributed by atoms with van der Waals surface area (Å²) in [5.41, 5.74) is 3.47. The molecule has 2 fully saturated rings. The predicted molar refractivity (Wildman–Crippen MR) is 177 cm³/mol. The number of rotatable bonds is 15. The number of benzene rings is 2. The van der Waals surface area contributed by atoms with Crippen molar-refractivity contribution in [2.75, 3.05) is 32.7 Å². The van der Waals surface area contributed by atoms with Crippen LogP contribution in [0.2, 0.25) is 5.02 Å². The second-order valence-corrected chi connectivity index (χ2v) is 13.0. The zero-order valence-corrected chi connectivity index (χ0v) is 27.0. The number of halogens is 2. The normalized spacial score (nSPS) is 18.3. The fourth-order valence-corrected chi connectivity index (χ4v) is 7.47. The maximum absolute atomic E-state index is 14.5. The third kappa shape index (κ3) is 8.61. The number of carbonyl (C=O) groups excluding carboxylic acids is 1. The molecular weight excluding hydrogens is 559 g/mol. The topological polar surface area (TPSA) is 71.2 Å². The first-order valence-electron chi connectivity index (χ1n) is 16.4. The molecule has 43 heavy (non-hydrogen) atoms. The number of piperidine rings is 2. The SMILES string of the molecule is CCc1ccc([C@@](CCC=N)(CCN2CCC(N3CCCCC3)CC2)CC(=N)C(=O)Cc2c(F)cccc2Cl)cc1CC. The van der Waals surface area contributed by atoms with E-state index in [0.29, 0.717) is 18.9 Å². The van der Waals surface area contributed by atoms with Crippen LogP contribution in [0.1, 0.15) is 93.9 Å². The van der Waals surface area contributed by atoms with Crippen molar-refractivity contribution in [3.63, 3.8) is 0 Å². The molecule has 0 radical (unpaired) electrons. The lowest BCUT2D eigenvalue weighted by Gasteiger charge is -2.42. The highest BCUT2D eigenvalue weighted by Crippen LogP contribution is 2.39. The molecule has 0 unspecified atom stereocenters. The molecule has 2 aliphatic heterocycles. The van der Waals surface area contributed by atoms with Crippen LogP contribution in [0, 0.1) is 16.6 Å². The second-order valence-electron chi connectivity index (χ2n) is 12.6. The maximum Gasteiger partial charge on any atom is 0.180 e. The van der Waals surface area contributed by atoms with Crippen molar-refractivity contribution in [1.29, 1.82) is 10.8 Å². The Morgan fingerprint density at radius 3 is 2.40 bits per heavy atom. The van der Waals surface area contributed by atoms with Gasteiger partial charge in [-0.3, -0.25) is 4.79 Å². The highest BCUT2D eigenvalue weighted by molar-refractivity contribution is 6.40. The molecule has 5 nitrogen and oxygen atoms in total. The average Bonchev–Trinajstić information content (AvgIpc) is 3.04. The molecule has 2 N–H and O–H groups in total. The Hall–Kier alpha value is -2.41. The van der Waals surface area contributed by atoms with Crippen LogP contribution in [0.25, 0.3) is 0 Å². The van der Waals surface area contributed by atoms with Crippen molar-refractivity contribution in [3.8, 4) is 0 Å². The van der Waals surface area contributed by atoms with Crippen molar-refractivity contribution in [1.82, 2.24) is 9.80 Å². The molecule has 234 valence electrons. The van der Waals surface area contributed by atoms with Crippen molar-refractivity contribution in [3.05, 3.63) is 69.5 Å². The van der Waals surface area contributed by atoms with Gasteiger partial charge in [0.15, 0.2) is 5.78 Å². The Labute approximate surface area is 263 Å². The molecular formula is C36H50ClFN4O. The fraction of sp³-hybridized carbons (Fsp3) is 0.583. The third-order valence-electron chi connectivity index (χ3n) is 9.97. The third-order valence-corrected chi connectivity index (χ3v) is 10.3. The van der Waals surface area contributed by atoms with Gasteiger partial charge < -0.3 is 20.6 Å². The Kier molecular flexibility index (Phi) is 12.5. The number of nitrogens with zero attached hydrogens (tertiary/aromatic N) is 2. The smallest absolute Gasteiger partial charge is 0.180 e. The number of hydrogen-bond donors (Lipinski definition) is 2. The monoisotopic (exact) mass is 608 g/mol. The summed E-state index contributed by atoms with van der Waals surface area (Å²) < 4.78 is 14.5. The van der Waals surface area contributed by atoms with Gasteiger partial charge in [-0.15, -0.1) is 0 Å². The first-order chi connectivity index (χ1) is 20.8. The van der Waals surface area contributed by atoms with Crippen LogP contribution in [0.5, 0.6) is 0 Å². The van der Waals surface area contributed by atoms with E-state index in [1.54, 1.807) is 6.07 Å².